The molecule has 0 spiro atoms. The smallest absolute Gasteiger partial charge is 0.255 e. The molecule has 1 atom stereocenters. The molecule has 2 aliphatic heterocycles. The molecule has 2 saturated heterocycles. The fraction of sp³-hybridized carbons (Fsp3) is 0.423. The van der Waals surface area contributed by atoms with Crippen LogP contribution in [0, 0.1) is 0 Å². The molecule has 4 heterocycles. The Morgan fingerprint density at radius 3 is 2.67 bits per heavy atom. The molecule has 7 heteroatoms. The Bertz CT molecular complexity index is 1140. The van der Waals surface area contributed by atoms with Crippen LogP contribution in [-0.4, -0.2) is 52.2 Å². The summed E-state index contributed by atoms with van der Waals surface area (Å²) >= 11 is 0. The zero-order valence-electron chi connectivity index (χ0n) is 19.2. The predicted molar refractivity (Wildman–Crippen MR) is 129 cm³/mol. The zero-order valence-corrected chi connectivity index (χ0v) is 19.2. The fourth-order valence-corrected chi connectivity index (χ4v) is 4.78. The van der Waals surface area contributed by atoms with Crippen molar-refractivity contribution in [3.8, 4) is 11.3 Å². The van der Waals surface area contributed by atoms with Gasteiger partial charge in [-0.25, -0.2) is 4.98 Å². The fourth-order valence-electron chi connectivity index (χ4n) is 4.78. The van der Waals surface area contributed by atoms with Crippen LogP contribution in [0.1, 0.15) is 36.5 Å². The van der Waals surface area contributed by atoms with E-state index in [2.05, 4.69) is 39.0 Å². The molecule has 5 rings (SSSR count). The molecule has 33 heavy (non-hydrogen) atoms. The van der Waals surface area contributed by atoms with Gasteiger partial charge >= 0.3 is 0 Å². The maximum atomic E-state index is 12.7. The summed E-state index contributed by atoms with van der Waals surface area (Å²) in [5.41, 5.74) is 4.00. The third kappa shape index (κ3) is 4.99. The first kappa shape index (κ1) is 21.8. The van der Waals surface area contributed by atoms with Crippen LogP contribution >= 0.6 is 0 Å². The second kappa shape index (κ2) is 9.85. The van der Waals surface area contributed by atoms with E-state index < -0.39 is 0 Å². The van der Waals surface area contributed by atoms with Gasteiger partial charge in [-0.15, -0.1) is 0 Å². The number of aromatic nitrogens is 3. The molecular weight excluding hydrogens is 414 g/mol. The number of nitrogens with zero attached hydrogens (tertiary/aromatic N) is 5. The molecule has 172 valence electrons. The van der Waals surface area contributed by atoms with Crippen LogP contribution in [-0.2, 0) is 18.3 Å². The standard InChI is InChI=1S/C26H31N5O2/c1-29-25(32)17-23(21-8-10-27-11-9-21)28-26(29)31-14-15-33-24(19-31)22-7-5-6-20(16-22)18-30-12-3-2-4-13-30/h5-11,16-17,24H,2-4,12-15,18-19H2,1H3. The van der Waals surface area contributed by atoms with E-state index >= 15 is 0 Å². The van der Waals surface area contributed by atoms with Gasteiger partial charge in [-0.2, -0.15) is 0 Å². The number of pyridine rings is 1. The Morgan fingerprint density at radius 2 is 1.85 bits per heavy atom. The normalized spacial score (nSPS) is 19.5. The summed E-state index contributed by atoms with van der Waals surface area (Å²) in [6.45, 7) is 5.32. The minimum atomic E-state index is -0.0709. The minimum Gasteiger partial charge on any atom is -0.370 e. The number of morpholine rings is 1. The van der Waals surface area contributed by atoms with E-state index in [1.165, 1.54) is 43.5 Å². The Balaban J connectivity index is 1.37. The van der Waals surface area contributed by atoms with Crippen LogP contribution < -0.4 is 10.5 Å². The molecule has 2 fully saturated rings. The lowest BCUT2D eigenvalue weighted by molar-refractivity contribution is 0.0389. The topological polar surface area (TPSA) is 63.5 Å². The molecular formula is C26H31N5O2. The quantitative estimate of drug-likeness (QED) is 0.600. The Hall–Kier alpha value is -3.03. The van der Waals surface area contributed by atoms with E-state index in [4.69, 9.17) is 9.72 Å². The number of ether oxygens (including phenoxy) is 1. The maximum Gasteiger partial charge on any atom is 0.255 e. The molecule has 0 aliphatic carbocycles. The number of rotatable bonds is 5. The van der Waals surface area contributed by atoms with E-state index in [0.717, 1.165) is 12.1 Å². The lowest BCUT2D eigenvalue weighted by Gasteiger charge is -2.35. The average molecular weight is 446 g/mol. The Morgan fingerprint density at radius 1 is 1.03 bits per heavy atom. The van der Waals surface area contributed by atoms with E-state index in [0.29, 0.717) is 31.3 Å². The number of piperidine rings is 1. The molecule has 7 nitrogen and oxygen atoms in total. The minimum absolute atomic E-state index is 0.0541. The highest BCUT2D eigenvalue weighted by atomic mass is 16.5. The molecule has 3 aromatic rings. The summed E-state index contributed by atoms with van der Waals surface area (Å²) in [6, 6.07) is 14.1. The highest BCUT2D eigenvalue weighted by Gasteiger charge is 2.25. The van der Waals surface area contributed by atoms with E-state index in [1.54, 1.807) is 30.1 Å². The van der Waals surface area contributed by atoms with Crippen LogP contribution in [0.4, 0.5) is 5.95 Å². The molecule has 1 unspecified atom stereocenters. The monoisotopic (exact) mass is 445 g/mol. The van der Waals surface area contributed by atoms with Crippen molar-refractivity contribution >= 4 is 5.95 Å². The van der Waals surface area contributed by atoms with Gasteiger partial charge in [0, 0.05) is 44.2 Å². The van der Waals surface area contributed by atoms with Crippen molar-refractivity contribution in [2.45, 2.75) is 31.9 Å². The maximum absolute atomic E-state index is 12.7. The average Bonchev–Trinajstić information content (AvgIpc) is 2.87. The lowest BCUT2D eigenvalue weighted by atomic mass is 10.0. The first-order chi connectivity index (χ1) is 16.2. The second-order valence-electron chi connectivity index (χ2n) is 8.96. The van der Waals surface area contributed by atoms with Crippen molar-refractivity contribution in [3.05, 3.63) is 76.3 Å². The molecule has 2 aliphatic rings. The number of hydrogen-bond donors (Lipinski definition) is 0. The van der Waals surface area contributed by atoms with Gasteiger partial charge in [0.15, 0.2) is 0 Å². The van der Waals surface area contributed by atoms with Crippen molar-refractivity contribution in [2.24, 2.45) is 7.05 Å². The van der Waals surface area contributed by atoms with Crippen molar-refractivity contribution in [1.29, 1.82) is 0 Å². The van der Waals surface area contributed by atoms with Crippen LogP contribution in [0.3, 0.4) is 0 Å². The van der Waals surface area contributed by atoms with Gasteiger partial charge in [-0.1, -0.05) is 30.7 Å². The molecule has 0 saturated carbocycles. The molecule has 2 aromatic heterocycles. The highest BCUT2D eigenvalue weighted by Crippen LogP contribution is 2.27. The molecule has 1 aromatic carbocycles. The van der Waals surface area contributed by atoms with Crippen molar-refractivity contribution in [2.75, 3.05) is 37.7 Å². The van der Waals surface area contributed by atoms with Crippen LogP contribution in [0.5, 0.6) is 0 Å². The van der Waals surface area contributed by atoms with Gasteiger partial charge < -0.3 is 9.64 Å². The van der Waals surface area contributed by atoms with E-state index in [1.807, 2.05) is 12.1 Å². The van der Waals surface area contributed by atoms with Gasteiger partial charge in [0.25, 0.3) is 5.56 Å². The SMILES string of the molecule is Cn1c(N2CCOC(c3cccc(CN4CCCCC4)c3)C2)nc(-c2ccncc2)cc1=O. The zero-order chi connectivity index (χ0) is 22.6. The molecule has 0 amide bonds. The molecule has 0 bridgehead atoms. The van der Waals surface area contributed by atoms with Crippen molar-refractivity contribution in [1.82, 2.24) is 19.4 Å². The van der Waals surface area contributed by atoms with Crippen LogP contribution in [0.15, 0.2) is 59.7 Å². The van der Waals surface area contributed by atoms with Gasteiger partial charge in [-0.05, 0) is 49.2 Å². The number of hydrogen-bond acceptors (Lipinski definition) is 6. The summed E-state index contributed by atoms with van der Waals surface area (Å²) in [5, 5.41) is 0. The lowest BCUT2D eigenvalue weighted by Crippen LogP contribution is -2.41. The predicted octanol–water partition coefficient (Wildman–Crippen LogP) is 3.41. The first-order valence-electron chi connectivity index (χ1n) is 11.8. The first-order valence-corrected chi connectivity index (χ1v) is 11.8. The van der Waals surface area contributed by atoms with Gasteiger partial charge in [0.2, 0.25) is 5.95 Å². The Kier molecular flexibility index (Phi) is 6.51. The number of likely N-dealkylation sites (tertiary alicyclic amines) is 1. The molecule has 0 radical (unpaired) electrons. The van der Waals surface area contributed by atoms with Gasteiger partial charge in [0.1, 0.15) is 6.10 Å². The largest absolute Gasteiger partial charge is 0.370 e. The summed E-state index contributed by atoms with van der Waals surface area (Å²) in [6.07, 6.45) is 7.32. The van der Waals surface area contributed by atoms with E-state index in [-0.39, 0.29) is 11.7 Å². The van der Waals surface area contributed by atoms with Crippen LogP contribution in [0.2, 0.25) is 0 Å². The summed E-state index contributed by atoms with van der Waals surface area (Å²) in [5.74, 6) is 0.673. The number of benzene rings is 1. The van der Waals surface area contributed by atoms with Crippen LogP contribution in [0.25, 0.3) is 11.3 Å². The summed E-state index contributed by atoms with van der Waals surface area (Å²) in [7, 11) is 1.78. The summed E-state index contributed by atoms with van der Waals surface area (Å²) < 4.78 is 7.79. The van der Waals surface area contributed by atoms with Gasteiger partial charge in [0.05, 0.1) is 18.8 Å². The van der Waals surface area contributed by atoms with Crippen molar-refractivity contribution in [3.63, 3.8) is 0 Å². The van der Waals surface area contributed by atoms with E-state index in [9.17, 15) is 4.79 Å². The third-order valence-electron chi connectivity index (χ3n) is 6.61. The second-order valence-corrected chi connectivity index (χ2v) is 8.96. The third-order valence-corrected chi connectivity index (χ3v) is 6.61. The molecule has 0 N–H and O–H groups in total. The number of anilines is 1. The Labute approximate surface area is 194 Å². The highest BCUT2D eigenvalue weighted by molar-refractivity contribution is 5.59. The van der Waals surface area contributed by atoms with Crippen molar-refractivity contribution < 1.29 is 4.74 Å². The van der Waals surface area contributed by atoms with Gasteiger partial charge in [-0.3, -0.25) is 19.2 Å². The summed E-state index contributed by atoms with van der Waals surface area (Å²) in [4.78, 5) is 26.3.